The maximum absolute atomic E-state index is 12.2. The van der Waals surface area contributed by atoms with Gasteiger partial charge in [-0.05, 0) is 38.1 Å². The van der Waals surface area contributed by atoms with Gasteiger partial charge < -0.3 is 5.32 Å². The minimum absolute atomic E-state index is 0.104. The second-order valence-corrected chi connectivity index (χ2v) is 7.99. The Labute approximate surface area is 106 Å². The minimum atomic E-state index is -2.88. The Hall–Kier alpha value is -0.0900. The number of hydrogen-bond donors (Lipinski definition) is 1. The van der Waals surface area contributed by atoms with Crippen molar-refractivity contribution in [1.82, 2.24) is 5.32 Å². The molecule has 17 heavy (non-hydrogen) atoms. The number of hydrogen-bond acceptors (Lipinski definition) is 3. The molecule has 1 aliphatic rings. The third-order valence-electron chi connectivity index (χ3n) is 3.38. The molecule has 0 aromatic rings. The monoisotopic (exact) mass is 261 g/mol. The van der Waals surface area contributed by atoms with Crippen LogP contribution in [-0.2, 0) is 9.84 Å². The number of sulfone groups is 1. The fourth-order valence-electron chi connectivity index (χ4n) is 2.61. The van der Waals surface area contributed by atoms with E-state index in [0.29, 0.717) is 11.8 Å². The van der Waals surface area contributed by atoms with Gasteiger partial charge in [-0.15, -0.1) is 0 Å². The summed E-state index contributed by atoms with van der Waals surface area (Å²) in [5.41, 5.74) is 0. The maximum Gasteiger partial charge on any atom is 0.153 e. The van der Waals surface area contributed by atoms with Crippen molar-refractivity contribution in [3.05, 3.63) is 0 Å². The molecule has 1 N–H and O–H groups in total. The first-order chi connectivity index (χ1) is 7.95. The molecule has 1 rings (SSSR count). The Kier molecular flexibility index (Phi) is 5.93. The fraction of sp³-hybridized carbons (Fsp3) is 1.00. The third kappa shape index (κ3) is 4.96. The quantitative estimate of drug-likeness (QED) is 0.798. The first-order valence-electron chi connectivity index (χ1n) is 6.90. The van der Waals surface area contributed by atoms with E-state index in [4.69, 9.17) is 0 Å². The van der Waals surface area contributed by atoms with Gasteiger partial charge in [-0.25, -0.2) is 8.42 Å². The molecule has 0 amide bonds. The molecule has 2 atom stereocenters. The molecule has 0 heterocycles. The summed E-state index contributed by atoms with van der Waals surface area (Å²) in [6.07, 6.45) is 4.96. The summed E-state index contributed by atoms with van der Waals surface area (Å²) in [7, 11) is -2.88. The molecule has 0 bridgehead atoms. The van der Waals surface area contributed by atoms with Crippen LogP contribution in [0.3, 0.4) is 0 Å². The summed E-state index contributed by atoms with van der Waals surface area (Å²) in [5.74, 6) is 0.585. The average molecular weight is 261 g/mol. The molecule has 2 unspecified atom stereocenters. The van der Waals surface area contributed by atoms with Gasteiger partial charge in [0.15, 0.2) is 9.84 Å². The van der Waals surface area contributed by atoms with Crippen LogP contribution in [0.2, 0.25) is 0 Å². The normalized spacial score (nSPS) is 26.4. The second-order valence-electron chi connectivity index (χ2n) is 5.66. The lowest BCUT2D eigenvalue weighted by Gasteiger charge is -2.30. The van der Waals surface area contributed by atoms with Crippen LogP contribution >= 0.6 is 0 Å². The Morgan fingerprint density at radius 2 is 2.00 bits per heavy atom. The Morgan fingerprint density at radius 3 is 2.59 bits per heavy atom. The van der Waals surface area contributed by atoms with Crippen molar-refractivity contribution in [2.45, 2.75) is 64.2 Å². The Balaban J connectivity index is 2.53. The van der Waals surface area contributed by atoms with Gasteiger partial charge in [0, 0.05) is 6.04 Å². The van der Waals surface area contributed by atoms with E-state index in [1.54, 1.807) is 0 Å². The van der Waals surface area contributed by atoms with Crippen LogP contribution in [0.4, 0.5) is 0 Å². The van der Waals surface area contributed by atoms with E-state index < -0.39 is 9.84 Å². The lowest BCUT2D eigenvalue weighted by atomic mass is 9.95. The molecule has 0 aromatic heterocycles. The van der Waals surface area contributed by atoms with Crippen LogP contribution < -0.4 is 5.32 Å². The number of nitrogens with one attached hydrogen (secondary N) is 1. The first-order valence-corrected chi connectivity index (χ1v) is 8.62. The molecule has 0 saturated heterocycles. The van der Waals surface area contributed by atoms with E-state index in [0.717, 1.165) is 38.6 Å². The Morgan fingerprint density at radius 1 is 1.29 bits per heavy atom. The van der Waals surface area contributed by atoms with E-state index in [-0.39, 0.29) is 11.2 Å². The topological polar surface area (TPSA) is 46.2 Å². The Bertz CT molecular complexity index is 311. The third-order valence-corrected chi connectivity index (χ3v) is 5.96. The van der Waals surface area contributed by atoms with Gasteiger partial charge >= 0.3 is 0 Å². The zero-order valence-electron chi connectivity index (χ0n) is 11.4. The van der Waals surface area contributed by atoms with Crippen LogP contribution in [-0.4, -0.2) is 32.0 Å². The average Bonchev–Trinajstić information content (AvgIpc) is 2.25. The number of rotatable bonds is 6. The van der Waals surface area contributed by atoms with E-state index in [1.165, 1.54) is 0 Å². The predicted octanol–water partition coefficient (Wildman–Crippen LogP) is 2.37. The van der Waals surface area contributed by atoms with Gasteiger partial charge in [-0.3, -0.25) is 0 Å². The van der Waals surface area contributed by atoms with Crippen LogP contribution in [0, 0.1) is 5.92 Å². The molecule has 1 fully saturated rings. The van der Waals surface area contributed by atoms with E-state index in [2.05, 4.69) is 12.2 Å². The van der Waals surface area contributed by atoms with Gasteiger partial charge in [0.2, 0.25) is 0 Å². The SMILES string of the molecule is CCCNC1CCCC(S(=O)(=O)CC(C)C)C1. The lowest BCUT2D eigenvalue weighted by Crippen LogP contribution is -2.40. The maximum atomic E-state index is 12.2. The molecule has 102 valence electrons. The molecule has 1 saturated carbocycles. The summed E-state index contributed by atoms with van der Waals surface area (Å²) >= 11 is 0. The van der Waals surface area contributed by atoms with Crippen LogP contribution in [0.15, 0.2) is 0 Å². The second kappa shape index (κ2) is 6.74. The smallest absolute Gasteiger partial charge is 0.153 e. The summed E-state index contributed by atoms with van der Waals surface area (Å²) in [5, 5.41) is 3.36. The molecule has 3 nitrogen and oxygen atoms in total. The highest BCUT2D eigenvalue weighted by Crippen LogP contribution is 2.25. The lowest BCUT2D eigenvalue weighted by molar-refractivity contribution is 0.371. The van der Waals surface area contributed by atoms with E-state index in [1.807, 2.05) is 13.8 Å². The van der Waals surface area contributed by atoms with Crippen molar-refractivity contribution in [1.29, 1.82) is 0 Å². The van der Waals surface area contributed by atoms with Gasteiger partial charge in [-0.1, -0.05) is 27.2 Å². The van der Waals surface area contributed by atoms with Crippen LogP contribution in [0.1, 0.15) is 52.9 Å². The molecule has 0 aliphatic heterocycles. The molecular weight excluding hydrogens is 234 g/mol. The van der Waals surface area contributed by atoms with Gasteiger partial charge in [0.1, 0.15) is 0 Å². The fourth-order valence-corrected chi connectivity index (χ4v) is 4.86. The summed E-state index contributed by atoms with van der Waals surface area (Å²) < 4.78 is 24.4. The van der Waals surface area contributed by atoms with Crippen molar-refractivity contribution >= 4 is 9.84 Å². The highest BCUT2D eigenvalue weighted by Gasteiger charge is 2.31. The van der Waals surface area contributed by atoms with Gasteiger partial charge in [-0.2, -0.15) is 0 Å². The van der Waals surface area contributed by atoms with Crippen molar-refractivity contribution in [2.75, 3.05) is 12.3 Å². The van der Waals surface area contributed by atoms with Crippen LogP contribution in [0.5, 0.6) is 0 Å². The summed E-state index contributed by atoms with van der Waals surface area (Å²) in [6.45, 7) is 7.10. The zero-order chi connectivity index (χ0) is 12.9. The largest absolute Gasteiger partial charge is 0.314 e. The van der Waals surface area contributed by atoms with Gasteiger partial charge in [0.05, 0.1) is 11.0 Å². The van der Waals surface area contributed by atoms with Gasteiger partial charge in [0.25, 0.3) is 0 Å². The predicted molar refractivity (Wildman–Crippen MR) is 73.0 cm³/mol. The van der Waals surface area contributed by atoms with Crippen LogP contribution in [0.25, 0.3) is 0 Å². The van der Waals surface area contributed by atoms with Crippen molar-refractivity contribution in [3.63, 3.8) is 0 Å². The molecular formula is C13H27NO2S. The van der Waals surface area contributed by atoms with Crippen molar-refractivity contribution < 1.29 is 8.42 Å². The molecule has 1 aliphatic carbocycles. The molecule has 0 radical (unpaired) electrons. The zero-order valence-corrected chi connectivity index (χ0v) is 12.2. The summed E-state index contributed by atoms with van der Waals surface area (Å²) in [4.78, 5) is 0. The molecule has 4 heteroatoms. The highest BCUT2D eigenvalue weighted by molar-refractivity contribution is 7.92. The van der Waals surface area contributed by atoms with Crippen molar-refractivity contribution in [3.8, 4) is 0 Å². The standard InChI is InChI=1S/C13H27NO2S/c1-4-8-14-12-6-5-7-13(9-12)17(15,16)10-11(2)3/h11-14H,4-10H2,1-3H3. The van der Waals surface area contributed by atoms with E-state index >= 15 is 0 Å². The van der Waals surface area contributed by atoms with Crippen molar-refractivity contribution in [2.24, 2.45) is 5.92 Å². The summed E-state index contributed by atoms with van der Waals surface area (Å²) in [6, 6.07) is 0.413. The van der Waals surface area contributed by atoms with E-state index in [9.17, 15) is 8.42 Å². The molecule has 0 spiro atoms. The minimum Gasteiger partial charge on any atom is -0.314 e. The first kappa shape index (κ1) is 15.0. The molecule has 0 aromatic carbocycles. The highest BCUT2D eigenvalue weighted by atomic mass is 32.2.